The van der Waals surface area contributed by atoms with E-state index in [2.05, 4.69) is 14.8 Å². The number of nitrogens with zero attached hydrogens (tertiary/aromatic N) is 3. The zero-order chi connectivity index (χ0) is 45.7. The van der Waals surface area contributed by atoms with E-state index in [-0.39, 0.29) is 74.0 Å². The van der Waals surface area contributed by atoms with Crippen LogP contribution in [-0.2, 0) is 20.3 Å². The smallest absolute Gasteiger partial charge is 0.400 e. The number of methoxy groups -OCH3 is 2. The summed E-state index contributed by atoms with van der Waals surface area (Å²) in [4.78, 5) is 44.3. The monoisotopic (exact) mass is 944 g/mol. The molecule has 0 aliphatic carbocycles. The van der Waals surface area contributed by atoms with Crippen LogP contribution in [0.15, 0.2) is 72.8 Å². The molecule has 2 aliphatic heterocycles. The molecular formula is C38H31Cl4F7N4O8. The van der Waals surface area contributed by atoms with Crippen LogP contribution in [0.4, 0.5) is 47.8 Å². The van der Waals surface area contributed by atoms with Gasteiger partial charge in [0.2, 0.25) is 0 Å². The molecule has 2 aliphatic rings. The Balaban J connectivity index is 0.000000223. The molecule has 12 nitrogen and oxygen atoms in total. The average Bonchev–Trinajstić information content (AvgIpc) is 3.87. The van der Waals surface area contributed by atoms with E-state index in [1.165, 1.54) is 53.4 Å². The Morgan fingerprint density at radius 1 is 0.689 bits per heavy atom. The third-order valence-electron chi connectivity index (χ3n) is 9.85. The second-order valence-corrected chi connectivity index (χ2v) is 15.2. The minimum absolute atomic E-state index is 0.00711. The van der Waals surface area contributed by atoms with E-state index in [1.54, 1.807) is 0 Å². The van der Waals surface area contributed by atoms with Gasteiger partial charge in [-0.25, -0.2) is 14.0 Å². The van der Waals surface area contributed by atoms with Gasteiger partial charge in [-0.15, -0.1) is 0 Å². The van der Waals surface area contributed by atoms with Crippen LogP contribution in [0.25, 0.3) is 0 Å². The highest BCUT2D eigenvalue weighted by Crippen LogP contribution is 2.50. The lowest BCUT2D eigenvalue weighted by Gasteiger charge is -2.33. The van der Waals surface area contributed by atoms with Crippen molar-refractivity contribution in [2.24, 2.45) is 0 Å². The maximum absolute atomic E-state index is 14.2. The van der Waals surface area contributed by atoms with Crippen LogP contribution in [0, 0.1) is 26.0 Å². The molecule has 6 rings (SSSR count). The average molecular weight is 946 g/mol. The number of nitrogens with one attached hydrogen (secondary N) is 1. The highest BCUT2D eigenvalue weighted by molar-refractivity contribution is 6.35. The van der Waals surface area contributed by atoms with Crippen LogP contribution < -0.4 is 10.2 Å². The number of alkyl halides is 6. The summed E-state index contributed by atoms with van der Waals surface area (Å²) in [7, 11) is 2.17. The zero-order valence-corrected chi connectivity index (χ0v) is 34.5. The van der Waals surface area contributed by atoms with E-state index in [0.29, 0.717) is 12.6 Å². The van der Waals surface area contributed by atoms with Gasteiger partial charge in [0.1, 0.15) is 27.8 Å². The van der Waals surface area contributed by atoms with Crippen molar-refractivity contribution in [3.63, 3.8) is 0 Å². The number of hydrogen-bond donors (Lipinski definition) is 1. The largest absolute Gasteiger partial charge is 0.465 e. The number of nitro groups is 2. The van der Waals surface area contributed by atoms with Gasteiger partial charge in [-0.2, -0.15) is 26.3 Å². The van der Waals surface area contributed by atoms with Crippen molar-refractivity contribution in [1.29, 1.82) is 0 Å². The van der Waals surface area contributed by atoms with E-state index in [1.807, 2.05) is 0 Å². The van der Waals surface area contributed by atoms with Gasteiger partial charge in [0.15, 0.2) is 0 Å². The first-order valence-corrected chi connectivity index (χ1v) is 18.8. The van der Waals surface area contributed by atoms with E-state index in [0.717, 1.165) is 32.4 Å². The topological polar surface area (TPSA) is 154 Å². The van der Waals surface area contributed by atoms with Crippen molar-refractivity contribution in [3.8, 4) is 0 Å². The third kappa shape index (κ3) is 10.9. The number of halogens is 11. The number of rotatable bonds is 7. The maximum atomic E-state index is 14.2. The number of benzene rings is 4. The molecule has 2 heterocycles. The molecule has 0 aromatic heterocycles. The first-order valence-electron chi connectivity index (χ1n) is 17.3. The fourth-order valence-electron chi connectivity index (χ4n) is 6.75. The van der Waals surface area contributed by atoms with Gasteiger partial charge < -0.3 is 19.7 Å². The molecule has 2 unspecified atom stereocenters. The summed E-state index contributed by atoms with van der Waals surface area (Å²) >= 11 is 23.4. The molecule has 328 valence electrons. The van der Waals surface area contributed by atoms with Crippen molar-refractivity contribution in [1.82, 2.24) is 5.32 Å². The Morgan fingerprint density at radius 2 is 1.13 bits per heavy atom. The number of hydrogen-bond acceptors (Lipinski definition) is 10. The summed E-state index contributed by atoms with van der Waals surface area (Å²) in [5, 5.41) is 25.2. The molecule has 61 heavy (non-hydrogen) atoms. The summed E-state index contributed by atoms with van der Waals surface area (Å²) in [6.45, 7) is -0.295. The second-order valence-electron chi connectivity index (χ2n) is 13.4. The van der Waals surface area contributed by atoms with Crippen molar-refractivity contribution in [2.75, 3.05) is 45.3 Å². The molecule has 4 aromatic rings. The number of anilines is 1. The van der Waals surface area contributed by atoms with E-state index in [4.69, 9.17) is 46.4 Å². The van der Waals surface area contributed by atoms with Crippen molar-refractivity contribution in [3.05, 3.63) is 141 Å². The lowest BCUT2D eigenvalue weighted by Crippen LogP contribution is -2.44. The zero-order valence-electron chi connectivity index (χ0n) is 31.4. The fourth-order valence-corrected chi connectivity index (χ4v) is 7.81. The second kappa shape index (κ2) is 19.4. The highest BCUT2D eigenvalue weighted by atomic mass is 35.5. The Hall–Kier alpha value is -4.95. The van der Waals surface area contributed by atoms with Crippen LogP contribution in [0.1, 0.15) is 44.7 Å². The minimum atomic E-state index is -4.62. The summed E-state index contributed by atoms with van der Waals surface area (Å²) < 4.78 is 104. The van der Waals surface area contributed by atoms with Crippen LogP contribution in [0.3, 0.4) is 0 Å². The first-order chi connectivity index (χ1) is 28.4. The number of carbonyl (C=O) groups is 2. The minimum Gasteiger partial charge on any atom is -0.465 e. The molecule has 1 N–H and O–H groups in total. The quantitative estimate of drug-likeness (QED) is 0.0819. The van der Waals surface area contributed by atoms with Gasteiger partial charge in [-0.05, 0) is 91.2 Å². The number of ether oxygens (including phenoxy) is 2. The predicted octanol–water partition coefficient (Wildman–Crippen LogP) is 10.7. The molecule has 23 heteroatoms. The van der Waals surface area contributed by atoms with Gasteiger partial charge >= 0.3 is 24.3 Å². The Morgan fingerprint density at radius 3 is 1.54 bits per heavy atom. The fraction of sp³-hybridized carbons (Fsp3) is 0.316. The molecule has 0 radical (unpaired) electrons. The van der Waals surface area contributed by atoms with Crippen LogP contribution in [-0.4, -0.2) is 74.5 Å². The lowest BCUT2D eigenvalue weighted by atomic mass is 9.79. The number of nitro benzene ring substituents is 2. The lowest BCUT2D eigenvalue weighted by molar-refractivity contribution is -0.385. The first kappa shape index (κ1) is 48.7. The maximum Gasteiger partial charge on any atom is 0.400 e. The predicted molar refractivity (Wildman–Crippen MR) is 212 cm³/mol. The van der Waals surface area contributed by atoms with Gasteiger partial charge in [0.05, 0.1) is 30.1 Å². The molecule has 2 atom stereocenters. The summed E-state index contributed by atoms with van der Waals surface area (Å²) in [6, 6.07) is 14.2. The highest BCUT2D eigenvalue weighted by Gasteiger charge is 2.59. The van der Waals surface area contributed by atoms with E-state index < -0.39 is 68.7 Å². The third-order valence-corrected chi connectivity index (χ3v) is 10.7. The van der Waals surface area contributed by atoms with Crippen LogP contribution in [0.5, 0.6) is 0 Å². The van der Waals surface area contributed by atoms with Gasteiger partial charge in [0, 0.05) is 51.5 Å². The molecule has 0 spiro atoms. The molecule has 0 amide bonds. The van der Waals surface area contributed by atoms with E-state index >= 15 is 0 Å². The van der Waals surface area contributed by atoms with Gasteiger partial charge in [-0.1, -0.05) is 46.4 Å². The number of esters is 2. The van der Waals surface area contributed by atoms with Crippen molar-refractivity contribution >= 4 is 75.4 Å². The van der Waals surface area contributed by atoms with Gasteiger partial charge in [-0.3, -0.25) is 20.2 Å². The molecular weight excluding hydrogens is 915 g/mol. The van der Waals surface area contributed by atoms with Gasteiger partial charge in [0.25, 0.3) is 11.4 Å². The Labute approximate surface area is 361 Å². The Bertz CT molecular complexity index is 2270. The van der Waals surface area contributed by atoms with Crippen LogP contribution >= 0.6 is 46.4 Å². The molecule has 2 saturated heterocycles. The standard InChI is InChI=1S/C19H15Cl2F3N2O4.C11H10Cl2F3N.C8H6FNO4/c1-30-17(27)15-3-2-14(9-16(15)26(28)29)25-5-4-18(10-25,19(22,23)24)11-6-12(20)8-13(21)7-11;12-8-3-7(4-9(13)5-8)10(11(14,15)16)1-2-17-6-10;1-14-8(11)6-3-2-5(9)4-7(6)10(12)13/h2-3,6-9H,4-5,10H2,1H3;3-5,17H,1-2,6H2;2-4H,1H3. The molecule has 0 saturated carbocycles. The Kier molecular flexibility index (Phi) is 15.5. The van der Waals surface area contributed by atoms with E-state index in [9.17, 15) is 60.6 Å². The molecule has 0 bridgehead atoms. The van der Waals surface area contributed by atoms with Crippen molar-refractivity contribution < 1.29 is 59.6 Å². The van der Waals surface area contributed by atoms with Crippen LogP contribution in [0.2, 0.25) is 20.1 Å². The SMILES string of the molecule is COC(=O)c1ccc(F)cc1[N+](=O)[O-].COC(=O)c1ccc(N2CCC(c3cc(Cl)cc(Cl)c3)(C(F)(F)F)C2)cc1[N+](=O)[O-].FC(F)(F)C1(c2cc(Cl)cc(Cl)c2)CCNC1. The number of carbonyl (C=O) groups excluding carboxylic acids is 2. The molecule has 4 aromatic carbocycles. The summed E-state index contributed by atoms with van der Waals surface area (Å²) in [5.41, 5.74) is -5.57. The molecule has 2 fully saturated rings. The summed E-state index contributed by atoms with van der Waals surface area (Å²) in [5.74, 6) is -2.55. The normalized spacial score (nSPS) is 18.6. The summed E-state index contributed by atoms with van der Waals surface area (Å²) in [6.07, 6.45) is -9.22. The van der Waals surface area contributed by atoms with Crippen molar-refractivity contribution in [2.45, 2.75) is 36.0 Å².